The van der Waals surface area contributed by atoms with E-state index in [2.05, 4.69) is 14.5 Å². The number of alkyl halides is 3. The molecule has 0 amide bonds. The molecule has 0 fully saturated rings. The van der Waals surface area contributed by atoms with E-state index in [-0.39, 0.29) is 17.4 Å². The highest BCUT2D eigenvalue weighted by Crippen LogP contribution is 2.26. The van der Waals surface area contributed by atoms with E-state index in [0.29, 0.717) is 0 Å². The molecule has 1 aromatic heterocycles. The largest absolute Gasteiger partial charge is 0.522 e. The lowest BCUT2D eigenvalue weighted by Crippen LogP contribution is -2.18. The SMILES string of the molecule is COc1nc(OCCOC(F)(F)F)ccc1[N+](=O)[O-]. The smallest absolute Gasteiger partial charge is 0.476 e. The third-order valence-electron chi connectivity index (χ3n) is 1.80. The monoisotopic (exact) mass is 282 g/mol. The summed E-state index contributed by atoms with van der Waals surface area (Å²) in [6, 6.07) is 2.22. The molecule has 1 heterocycles. The van der Waals surface area contributed by atoms with E-state index in [4.69, 9.17) is 4.74 Å². The van der Waals surface area contributed by atoms with Crippen LogP contribution in [-0.2, 0) is 4.74 Å². The fraction of sp³-hybridized carbons (Fsp3) is 0.444. The summed E-state index contributed by atoms with van der Waals surface area (Å²) in [5.41, 5.74) is -0.374. The molecule has 0 aliphatic heterocycles. The first-order chi connectivity index (χ1) is 8.83. The van der Waals surface area contributed by atoms with Crippen molar-refractivity contribution in [3.8, 4) is 11.8 Å². The highest BCUT2D eigenvalue weighted by Gasteiger charge is 2.28. The molecule has 7 nitrogen and oxygen atoms in total. The van der Waals surface area contributed by atoms with Crippen LogP contribution in [0.5, 0.6) is 11.8 Å². The first-order valence-electron chi connectivity index (χ1n) is 4.86. The fourth-order valence-electron chi connectivity index (χ4n) is 1.09. The highest BCUT2D eigenvalue weighted by atomic mass is 19.4. The van der Waals surface area contributed by atoms with Crippen LogP contribution < -0.4 is 9.47 Å². The van der Waals surface area contributed by atoms with Gasteiger partial charge in [-0.3, -0.25) is 14.9 Å². The van der Waals surface area contributed by atoms with Gasteiger partial charge in [-0.1, -0.05) is 0 Å². The van der Waals surface area contributed by atoms with Gasteiger partial charge < -0.3 is 9.47 Å². The Morgan fingerprint density at radius 3 is 2.58 bits per heavy atom. The van der Waals surface area contributed by atoms with Crippen LogP contribution in [0.2, 0.25) is 0 Å². The molecule has 19 heavy (non-hydrogen) atoms. The maximum Gasteiger partial charge on any atom is 0.522 e. The van der Waals surface area contributed by atoms with Crippen molar-refractivity contribution in [3.63, 3.8) is 0 Å². The van der Waals surface area contributed by atoms with Crippen molar-refractivity contribution in [2.45, 2.75) is 6.36 Å². The summed E-state index contributed by atoms with van der Waals surface area (Å²) >= 11 is 0. The number of nitrogens with zero attached hydrogens (tertiary/aromatic N) is 2. The maximum absolute atomic E-state index is 11.7. The lowest BCUT2D eigenvalue weighted by Gasteiger charge is -2.09. The number of hydrogen-bond acceptors (Lipinski definition) is 6. The normalized spacial score (nSPS) is 11.2. The molecule has 0 N–H and O–H groups in total. The van der Waals surface area contributed by atoms with Gasteiger partial charge in [0, 0.05) is 12.1 Å². The van der Waals surface area contributed by atoms with Crippen LogP contribution in [0.3, 0.4) is 0 Å². The predicted molar refractivity (Wildman–Crippen MR) is 54.9 cm³/mol. The van der Waals surface area contributed by atoms with Gasteiger partial charge >= 0.3 is 12.0 Å². The van der Waals surface area contributed by atoms with Crippen molar-refractivity contribution < 1.29 is 32.3 Å². The summed E-state index contributed by atoms with van der Waals surface area (Å²) in [7, 11) is 1.17. The first kappa shape index (κ1) is 15.0. The number of nitro groups is 1. The maximum atomic E-state index is 11.7. The molecule has 0 spiro atoms. The van der Waals surface area contributed by atoms with E-state index >= 15 is 0 Å². The Hall–Kier alpha value is -2.10. The predicted octanol–water partition coefficient (Wildman–Crippen LogP) is 1.91. The summed E-state index contributed by atoms with van der Waals surface area (Å²) in [4.78, 5) is 13.5. The van der Waals surface area contributed by atoms with Crippen LogP contribution in [0.15, 0.2) is 12.1 Å². The Kier molecular flexibility index (Phi) is 4.87. The number of ether oxygens (including phenoxy) is 3. The Labute approximate surface area is 105 Å². The van der Waals surface area contributed by atoms with Crippen molar-refractivity contribution in [1.29, 1.82) is 0 Å². The molecule has 1 aromatic rings. The molecule has 0 aliphatic rings. The minimum Gasteiger partial charge on any atom is -0.476 e. The van der Waals surface area contributed by atoms with Crippen LogP contribution in [0.1, 0.15) is 0 Å². The highest BCUT2D eigenvalue weighted by molar-refractivity contribution is 5.42. The van der Waals surface area contributed by atoms with Gasteiger partial charge in [0.15, 0.2) is 0 Å². The van der Waals surface area contributed by atoms with E-state index in [0.717, 1.165) is 12.1 Å². The van der Waals surface area contributed by atoms with E-state index in [1.807, 2.05) is 0 Å². The van der Waals surface area contributed by atoms with Crippen molar-refractivity contribution in [2.24, 2.45) is 0 Å². The lowest BCUT2D eigenvalue weighted by atomic mass is 10.4. The molecule has 0 radical (unpaired) electrons. The van der Waals surface area contributed by atoms with Gasteiger partial charge in [-0.15, -0.1) is 13.2 Å². The third-order valence-corrected chi connectivity index (χ3v) is 1.80. The minimum absolute atomic E-state index is 0.103. The first-order valence-corrected chi connectivity index (χ1v) is 4.86. The number of rotatable bonds is 6. The second-order valence-electron chi connectivity index (χ2n) is 3.08. The van der Waals surface area contributed by atoms with Gasteiger partial charge in [0.05, 0.1) is 18.6 Å². The quantitative estimate of drug-likeness (QED) is 0.450. The molecule has 0 saturated carbocycles. The Morgan fingerprint density at radius 1 is 1.37 bits per heavy atom. The van der Waals surface area contributed by atoms with Gasteiger partial charge in [-0.25, -0.2) is 0 Å². The summed E-state index contributed by atoms with van der Waals surface area (Å²) in [5, 5.41) is 10.6. The number of methoxy groups -OCH3 is 1. The van der Waals surface area contributed by atoms with Crippen molar-refractivity contribution in [2.75, 3.05) is 20.3 Å². The average molecular weight is 282 g/mol. The molecule has 0 bridgehead atoms. The molecule has 0 atom stereocenters. The van der Waals surface area contributed by atoms with Crippen LogP contribution >= 0.6 is 0 Å². The van der Waals surface area contributed by atoms with Gasteiger partial charge in [0.2, 0.25) is 5.88 Å². The second-order valence-corrected chi connectivity index (χ2v) is 3.08. The number of halogens is 3. The van der Waals surface area contributed by atoms with E-state index in [9.17, 15) is 23.3 Å². The van der Waals surface area contributed by atoms with Crippen molar-refractivity contribution in [3.05, 3.63) is 22.2 Å². The molecule has 0 aliphatic carbocycles. The summed E-state index contributed by atoms with van der Waals surface area (Å²) in [6.07, 6.45) is -4.73. The van der Waals surface area contributed by atoms with Crippen LogP contribution in [0.25, 0.3) is 0 Å². The van der Waals surface area contributed by atoms with Gasteiger partial charge in [-0.05, 0) is 0 Å². The molecule has 0 unspecified atom stereocenters. The zero-order chi connectivity index (χ0) is 14.5. The molecule has 0 saturated heterocycles. The molecule has 106 valence electrons. The number of hydrogen-bond donors (Lipinski definition) is 0. The zero-order valence-electron chi connectivity index (χ0n) is 9.64. The summed E-state index contributed by atoms with van der Waals surface area (Å²) in [5.74, 6) is -0.396. The van der Waals surface area contributed by atoms with Gasteiger partial charge in [-0.2, -0.15) is 4.98 Å². The average Bonchev–Trinajstić information content (AvgIpc) is 2.33. The second kappa shape index (κ2) is 6.18. The molecule has 1 rings (SSSR count). The van der Waals surface area contributed by atoms with Gasteiger partial charge in [0.1, 0.15) is 6.61 Å². The Bertz CT molecular complexity index is 452. The molecule has 0 aromatic carbocycles. The Balaban J connectivity index is 2.58. The van der Waals surface area contributed by atoms with Crippen molar-refractivity contribution in [1.82, 2.24) is 4.98 Å². The molecular weight excluding hydrogens is 273 g/mol. The molecule has 10 heteroatoms. The number of pyridine rings is 1. The Morgan fingerprint density at radius 2 is 2.05 bits per heavy atom. The standard InChI is InChI=1S/C9H9F3N2O5/c1-17-8-6(14(15)16)2-3-7(13-8)18-4-5-19-9(10,11)12/h2-3H,4-5H2,1H3. The van der Waals surface area contributed by atoms with Crippen LogP contribution in [0.4, 0.5) is 18.9 Å². The van der Waals surface area contributed by atoms with Crippen molar-refractivity contribution >= 4 is 5.69 Å². The third kappa shape index (κ3) is 4.95. The van der Waals surface area contributed by atoms with Crippen LogP contribution in [0, 0.1) is 10.1 Å². The van der Waals surface area contributed by atoms with Gasteiger partial charge in [0.25, 0.3) is 5.88 Å². The van der Waals surface area contributed by atoms with E-state index in [1.165, 1.54) is 7.11 Å². The van der Waals surface area contributed by atoms with Crippen LogP contribution in [-0.4, -0.2) is 36.6 Å². The van der Waals surface area contributed by atoms with E-state index in [1.54, 1.807) is 0 Å². The molecular formula is C9H9F3N2O5. The fourth-order valence-corrected chi connectivity index (χ4v) is 1.09. The zero-order valence-corrected chi connectivity index (χ0v) is 9.64. The topological polar surface area (TPSA) is 83.7 Å². The minimum atomic E-state index is -4.73. The summed E-state index contributed by atoms with van der Waals surface area (Å²) in [6.45, 7) is -1.13. The summed E-state index contributed by atoms with van der Waals surface area (Å²) < 4.78 is 47.9. The van der Waals surface area contributed by atoms with E-state index < -0.39 is 24.5 Å². The number of aromatic nitrogens is 1. The lowest BCUT2D eigenvalue weighted by molar-refractivity contribution is -0.386.